The number of carbonyl (C=O) groups excluding carboxylic acids is 1. The Bertz CT molecular complexity index is 1220. The lowest BCUT2D eigenvalue weighted by molar-refractivity contribution is -0.121. The lowest BCUT2D eigenvalue weighted by Gasteiger charge is -2.22. The maximum Gasteiger partial charge on any atom is 0.262 e. The van der Waals surface area contributed by atoms with E-state index in [1.807, 2.05) is 0 Å². The van der Waals surface area contributed by atoms with Gasteiger partial charge in [-0.3, -0.25) is 9.52 Å². The fraction of sp³-hybridized carbons (Fsp3) is 0.391. The molecule has 1 aliphatic rings. The number of nitrogens with one attached hydrogen (secondary N) is 2. The average molecular weight is 490 g/mol. The average Bonchev–Trinajstić information content (AvgIpc) is 3.22. The number of amides is 1. The highest BCUT2D eigenvalue weighted by Crippen LogP contribution is 2.29. The van der Waals surface area contributed by atoms with Crippen LogP contribution in [-0.4, -0.2) is 38.2 Å². The van der Waals surface area contributed by atoms with Crippen molar-refractivity contribution >= 4 is 44.5 Å². The first-order chi connectivity index (χ1) is 15.9. The van der Waals surface area contributed by atoms with Crippen molar-refractivity contribution in [3.05, 3.63) is 42.5 Å². The molecule has 8 nitrogen and oxygen atoms in total. The number of benzene rings is 2. The molecule has 1 amide bonds. The van der Waals surface area contributed by atoms with E-state index in [-0.39, 0.29) is 10.8 Å². The van der Waals surface area contributed by atoms with Gasteiger partial charge in [0.2, 0.25) is 5.91 Å². The maximum atomic E-state index is 12.9. The molecular formula is C23H27N3O5S2. The minimum absolute atomic E-state index is 0.0429. The Balaban J connectivity index is 1.38. The van der Waals surface area contributed by atoms with Crippen molar-refractivity contribution in [3.8, 4) is 5.75 Å². The summed E-state index contributed by atoms with van der Waals surface area (Å²) >= 11 is 1.34. The smallest absolute Gasteiger partial charge is 0.262 e. The summed E-state index contributed by atoms with van der Waals surface area (Å²) in [6.07, 6.45) is 6.09. The number of oxazole rings is 1. The van der Waals surface area contributed by atoms with Gasteiger partial charge in [-0.25, -0.2) is 13.4 Å². The number of nitrogens with zero attached hydrogens (tertiary/aromatic N) is 1. The molecule has 0 radical (unpaired) electrons. The topological polar surface area (TPSA) is 111 Å². The summed E-state index contributed by atoms with van der Waals surface area (Å²) in [5.74, 6) is 1.00. The van der Waals surface area contributed by atoms with Crippen LogP contribution in [0.15, 0.2) is 57.0 Å². The molecule has 0 unspecified atom stereocenters. The third kappa shape index (κ3) is 6.00. The van der Waals surface area contributed by atoms with Gasteiger partial charge in [-0.2, -0.15) is 0 Å². The lowest BCUT2D eigenvalue weighted by atomic mass is 9.95. The highest BCUT2D eigenvalue weighted by Gasteiger charge is 2.19. The number of sulfonamides is 1. The lowest BCUT2D eigenvalue weighted by Crippen LogP contribution is -2.36. The number of hydrogen-bond acceptors (Lipinski definition) is 7. The van der Waals surface area contributed by atoms with Gasteiger partial charge in [0.15, 0.2) is 5.58 Å². The Hall–Kier alpha value is -2.72. The van der Waals surface area contributed by atoms with Crippen molar-refractivity contribution in [1.29, 1.82) is 0 Å². The molecule has 1 aromatic heterocycles. The molecule has 0 aliphatic heterocycles. The number of anilines is 1. The normalized spacial score (nSPS) is 14.8. The zero-order valence-corrected chi connectivity index (χ0v) is 20.0. The van der Waals surface area contributed by atoms with E-state index in [4.69, 9.17) is 9.15 Å². The number of hydrogen-bond donors (Lipinski definition) is 2. The van der Waals surface area contributed by atoms with Gasteiger partial charge in [-0.05, 0) is 43.2 Å². The Morgan fingerprint density at radius 1 is 1.18 bits per heavy atom. The van der Waals surface area contributed by atoms with Gasteiger partial charge in [0, 0.05) is 18.2 Å². The van der Waals surface area contributed by atoms with Crippen molar-refractivity contribution in [2.24, 2.45) is 0 Å². The second-order valence-corrected chi connectivity index (χ2v) is 10.6. The standard InChI is InChI=1S/C23H27N3O5S2/c1-30-20-10-6-5-9-18(20)26-33(28,29)17-11-12-21-19(15-17)25-23(31-21)32-14-13-22(27)24-16-7-3-2-4-8-16/h5-6,9-12,15-16,26H,2-4,7-8,13-14H2,1H3,(H,24,27). The van der Waals surface area contributed by atoms with Crippen LogP contribution in [0, 0.1) is 0 Å². The van der Waals surface area contributed by atoms with Crippen LogP contribution in [0.1, 0.15) is 38.5 Å². The molecule has 10 heteroatoms. The summed E-state index contributed by atoms with van der Waals surface area (Å²) in [5.41, 5.74) is 1.27. The largest absolute Gasteiger partial charge is 0.495 e. The molecule has 4 rings (SSSR count). The van der Waals surface area contributed by atoms with Crippen LogP contribution >= 0.6 is 11.8 Å². The van der Waals surface area contributed by atoms with E-state index in [0.29, 0.717) is 46.0 Å². The SMILES string of the molecule is COc1ccccc1NS(=O)(=O)c1ccc2oc(SCCC(=O)NC3CCCCC3)nc2c1. The highest BCUT2D eigenvalue weighted by molar-refractivity contribution is 7.99. The van der Waals surface area contributed by atoms with E-state index in [2.05, 4.69) is 15.0 Å². The first kappa shape index (κ1) is 23.4. The minimum atomic E-state index is -3.84. The summed E-state index contributed by atoms with van der Waals surface area (Å²) < 4.78 is 39.2. The van der Waals surface area contributed by atoms with Crippen molar-refractivity contribution in [3.63, 3.8) is 0 Å². The number of rotatable bonds is 9. The first-order valence-corrected chi connectivity index (χ1v) is 13.4. The zero-order valence-electron chi connectivity index (χ0n) is 18.4. The van der Waals surface area contributed by atoms with Crippen molar-refractivity contribution in [2.45, 2.75) is 54.7 Å². The minimum Gasteiger partial charge on any atom is -0.495 e. The Kier molecular flexibility index (Phi) is 7.44. The van der Waals surface area contributed by atoms with E-state index in [9.17, 15) is 13.2 Å². The molecule has 176 valence electrons. The highest BCUT2D eigenvalue weighted by atomic mass is 32.2. The Morgan fingerprint density at radius 3 is 2.76 bits per heavy atom. The monoisotopic (exact) mass is 489 g/mol. The van der Waals surface area contributed by atoms with Gasteiger partial charge in [-0.15, -0.1) is 0 Å². The van der Waals surface area contributed by atoms with Crippen LogP contribution in [0.4, 0.5) is 5.69 Å². The third-order valence-corrected chi connectivity index (χ3v) is 7.72. The molecule has 0 spiro atoms. The summed E-state index contributed by atoms with van der Waals surface area (Å²) in [4.78, 5) is 16.6. The van der Waals surface area contributed by atoms with E-state index in [0.717, 1.165) is 12.8 Å². The molecule has 3 aromatic rings. The predicted octanol–water partition coefficient (Wildman–Crippen LogP) is 4.57. The van der Waals surface area contributed by atoms with Gasteiger partial charge < -0.3 is 14.5 Å². The summed E-state index contributed by atoms with van der Waals surface area (Å²) in [7, 11) is -2.36. The van der Waals surface area contributed by atoms with E-state index >= 15 is 0 Å². The molecule has 0 saturated heterocycles. The van der Waals surface area contributed by atoms with Crippen LogP contribution in [0.2, 0.25) is 0 Å². The molecule has 2 aromatic carbocycles. The van der Waals surface area contributed by atoms with E-state index in [1.165, 1.54) is 50.3 Å². The second-order valence-electron chi connectivity index (χ2n) is 7.92. The summed E-state index contributed by atoms with van der Waals surface area (Å²) in [6.45, 7) is 0. The van der Waals surface area contributed by atoms with Gasteiger partial charge in [0.1, 0.15) is 11.3 Å². The second kappa shape index (κ2) is 10.5. The Morgan fingerprint density at radius 2 is 1.97 bits per heavy atom. The van der Waals surface area contributed by atoms with Gasteiger partial charge in [-0.1, -0.05) is 43.2 Å². The zero-order chi connectivity index (χ0) is 23.3. The van der Waals surface area contributed by atoms with E-state index in [1.54, 1.807) is 30.3 Å². The first-order valence-electron chi connectivity index (χ1n) is 10.9. The van der Waals surface area contributed by atoms with Crippen LogP contribution < -0.4 is 14.8 Å². The summed E-state index contributed by atoms with van der Waals surface area (Å²) in [6, 6.07) is 11.6. The third-order valence-electron chi connectivity index (χ3n) is 5.53. The molecule has 1 aliphatic carbocycles. The molecule has 33 heavy (non-hydrogen) atoms. The van der Waals surface area contributed by atoms with Crippen molar-refractivity contribution in [2.75, 3.05) is 17.6 Å². The fourth-order valence-corrected chi connectivity index (χ4v) is 5.69. The van der Waals surface area contributed by atoms with Crippen LogP contribution in [0.5, 0.6) is 5.75 Å². The summed E-state index contributed by atoms with van der Waals surface area (Å²) in [5, 5.41) is 3.50. The fourth-order valence-electron chi connectivity index (χ4n) is 3.83. The maximum absolute atomic E-state index is 12.9. The number of carbonyl (C=O) groups is 1. The predicted molar refractivity (Wildman–Crippen MR) is 128 cm³/mol. The number of fused-ring (bicyclic) bond motifs is 1. The van der Waals surface area contributed by atoms with Crippen molar-refractivity contribution in [1.82, 2.24) is 10.3 Å². The molecule has 0 atom stereocenters. The molecule has 1 saturated carbocycles. The molecule has 1 fully saturated rings. The van der Waals surface area contributed by atoms with Crippen LogP contribution in [-0.2, 0) is 14.8 Å². The van der Waals surface area contributed by atoms with Crippen molar-refractivity contribution < 1.29 is 22.4 Å². The quantitative estimate of drug-likeness (QED) is 0.424. The molecule has 2 N–H and O–H groups in total. The van der Waals surface area contributed by atoms with Gasteiger partial charge >= 0.3 is 0 Å². The number of ether oxygens (including phenoxy) is 1. The molecule has 1 heterocycles. The molecule has 0 bridgehead atoms. The number of para-hydroxylation sites is 2. The van der Waals surface area contributed by atoms with Gasteiger partial charge in [0.25, 0.3) is 15.2 Å². The molecular weight excluding hydrogens is 462 g/mol. The number of methoxy groups -OCH3 is 1. The Labute approximate surface area is 197 Å². The van der Waals surface area contributed by atoms with Crippen LogP contribution in [0.3, 0.4) is 0 Å². The van der Waals surface area contributed by atoms with E-state index < -0.39 is 10.0 Å². The number of aromatic nitrogens is 1. The van der Waals surface area contributed by atoms with Crippen LogP contribution in [0.25, 0.3) is 11.1 Å². The number of thioether (sulfide) groups is 1. The van der Waals surface area contributed by atoms with Gasteiger partial charge in [0.05, 0.1) is 17.7 Å².